The summed E-state index contributed by atoms with van der Waals surface area (Å²) in [6.07, 6.45) is 1.21. The van der Waals surface area contributed by atoms with Crippen LogP contribution in [-0.4, -0.2) is 55.5 Å². The monoisotopic (exact) mass is 296 g/mol. The lowest BCUT2D eigenvalue weighted by Crippen LogP contribution is -2.31. The molecule has 1 aliphatic heterocycles. The molecule has 0 amide bonds. The van der Waals surface area contributed by atoms with Crippen LogP contribution in [0.15, 0.2) is 18.2 Å². The van der Waals surface area contributed by atoms with Gasteiger partial charge in [0.05, 0.1) is 7.11 Å². The fourth-order valence-corrected chi connectivity index (χ4v) is 3.04. The van der Waals surface area contributed by atoms with Gasteiger partial charge in [0.1, 0.15) is 5.75 Å². The summed E-state index contributed by atoms with van der Waals surface area (Å²) in [6.45, 7) is 8.63. The van der Waals surface area contributed by atoms with Crippen molar-refractivity contribution >= 4 is 11.6 Å². The first kappa shape index (κ1) is 15.6. The zero-order valence-corrected chi connectivity index (χ0v) is 13.3. The maximum atomic E-state index is 5.84. The number of halogens is 1. The number of methoxy groups -OCH3 is 1. The summed E-state index contributed by atoms with van der Waals surface area (Å²) in [7, 11) is 1.75. The molecule has 0 bridgehead atoms. The molecule has 4 heteroatoms. The normalized spacial score (nSPS) is 17.9. The summed E-state index contributed by atoms with van der Waals surface area (Å²) in [5, 5.41) is 0. The Balaban J connectivity index is 1.97. The Morgan fingerprint density at radius 2 is 1.90 bits per heavy atom. The summed E-state index contributed by atoms with van der Waals surface area (Å²) in [5.41, 5.74) is 2.58. The van der Waals surface area contributed by atoms with Crippen LogP contribution in [0.4, 0.5) is 0 Å². The lowest BCUT2D eigenvalue weighted by Gasteiger charge is -2.22. The molecule has 0 aromatic heterocycles. The van der Waals surface area contributed by atoms with Gasteiger partial charge in [0.15, 0.2) is 0 Å². The van der Waals surface area contributed by atoms with Gasteiger partial charge in [0.25, 0.3) is 0 Å². The van der Waals surface area contributed by atoms with E-state index in [0.29, 0.717) is 0 Å². The van der Waals surface area contributed by atoms with Crippen molar-refractivity contribution in [1.29, 1.82) is 0 Å². The Hall–Kier alpha value is -0.770. The molecule has 3 nitrogen and oxygen atoms in total. The van der Waals surface area contributed by atoms with Gasteiger partial charge in [0.2, 0.25) is 0 Å². The number of aryl methyl sites for hydroxylation is 1. The molecule has 1 fully saturated rings. The lowest BCUT2D eigenvalue weighted by atomic mass is 10.1. The van der Waals surface area contributed by atoms with E-state index in [2.05, 4.69) is 34.9 Å². The molecule has 0 radical (unpaired) electrons. The van der Waals surface area contributed by atoms with E-state index in [-0.39, 0.29) is 0 Å². The molecule has 112 valence electrons. The summed E-state index contributed by atoms with van der Waals surface area (Å²) in [6, 6.07) is 6.41. The van der Waals surface area contributed by atoms with Crippen LogP contribution in [0.25, 0.3) is 0 Å². The molecule has 2 rings (SSSR count). The molecule has 1 aliphatic rings. The van der Waals surface area contributed by atoms with Crippen molar-refractivity contribution in [2.75, 3.05) is 45.7 Å². The topological polar surface area (TPSA) is 15.7 Å². The van der Waals surface area contributed by atoms with Crippen molar-refractivity contribution in [3.63, 3.8) is 0 Å². The van der Waals surface area contributed by atoms with Gasteiger partial charge in [-0.05, 0) is 32.5 Å². The third kappa shape index (κ3) is 4.37. The zero-order chi connectivity index (χ0) is 14.4. The SMILES string of the molecule is COc1ccc(C)cc1CN1CCCN(CCCl)CC1. The Bertz CT molecular complexity index is 425. The third-order valence-corrected chi connectivity index (χ3v) is 4.08. The number of alkyl halides is 1. The standard InChI is InChI=1S/C16H25ClN2O/c1-14-4-5-16(20-2)15(12-14)13-19-8-3-7-18(9-6-17)10-11-19/h4-5,12H,3,6-11,13H2,1-2H3. The second-order valence-corrected chi connectivity index (χ2v) is 5.85. The van der Waals surface area contributed by atoms with E-state index in [1.165, 1.54) is 17.5 Å². The quantitative estimate of drug-likeness (QED) is 0.777. The molecule has 20 heavy (non-hydrogen) atoms. The predicted molar refractivity (Wildman–Crippen MR) is 84.8 cm³/mol. The molecule has 0 unspecified atom stereocenters. The molecular weight excluding hydrogens is 272 g/mol. The number of hydrogen-bond acceptors (Lipinski definition) is 3. The molecule has 1 aromatic carbocycles. The average Bonchev–Trinajstić information content (AvgIpc) is 2.65. The van der Waals surface area contributed by atoms with Gasteiger partial charge in [-0.1, -0.05) is 17.7 Å². The molecule has 0 aliphatic carbocycles. The number of ether oxygens (including phenoxy) is 1. The minimum absolute atomic E-state index is 0.728. The Morgan fingerprint density at radius 3 is 2.65 bits per heavy atom. The minimum Gasteiger partial charge on any atom is -0.496 e. The van der Waals surface area contributed by atoms with Gasteiger partial charge in [-0.2, -0.15) is 0 Å². The number of benzene rings is 1. The first-order valence-electron chi connectivity index (χ1n) is 7.37. The maximum absolute atomic E-state index is 5.84. The van der Waals surface area contributed by atoms with E-state index in [0.717, 1.165) is 50.9 Å². The van der Waals surface area contributed by atoms with Crippen molar-refractivity contribution < 1.29 is 4.74 Å². The van der Waals surface area contributed by atoms with Gasteiger partial charge in [-0.15, -0.1) is 11.6 Å². The molecular formula is C16H25ClN2O. The first-order chi connectivity index (χ1) is 9.72. The van der Waals surface area contributed by atoms with Crippen LogP contribution in [0, 0.1) is 6.92 Å². The van der Waals surface area contributed by atoms with Crippen molar-refractivity contribution in [1.82, 2.24) is 9.80 Å². The average molecular weight is 297 g/mol. The maximum Gasteiger partial charge on any atom is 0.123 e. The van der Waals surface area contributed by atoms with Crippen LogP contribution in [0.3, 0.4) is 0 Å². The smallest absolute Gasteiger partial charge is 0.123 e. The van der Waals surface area contributed by atoms with Crippen molar-refractivity contribution in [2.45, 2.75) is 19.9 Å². The molecule has 0 atom stereocenters. The molecule has 1 saturated heterocycles. The van der Waals surface area contributed by atoms with Crippen molar-refractivity contribution in [2.24, 2.45) is 0 Å². The predicted octanol–water partition coefficient (Wildman–Crippen LogP) is 2.75. The van der Waals surface area contributed by atoms with E-state index in [1.807, 2.05) is 0 Å². The van der Waals surface area contributed by atoms with Crippen LogP contribution >= 0.6 is 11.6 Å². The van der Waals surface area contributed by atoms with Crippen LogP contribution in [0.2, 0.25) is 0 Å². The van der Waals surface area contributed by atoms with E-state index < -0.39 is 0 Å². The summed E-state index contributed by atoms with van der Waals surface area (Å²) >= 11 is 5.84. The summed E-state index contributed by atoms with van der Waals surface area (Å²) in [5.74, 6) is 1.73. The van der Waals surface area contributed by atoms with Crippen LogP contribution < -0.4 is 4.74 Å². The highest BCUT2D eigenvalue weighted by Gasteiger charge is 2.16. The third-order valence-electron chi connectivity index (χ3n) is 3.91. The van der Waals surface area contributed by atoms with E-state index >= 15 is 0 Å². The Morgan fingerprint density at radius 1 is 1.15 bits per heavy atom. The van der Waals surface area contributed by atoms with Crippen molar-refractivity contribution in [3.05, 3.63) is 29.3 Å². The Labute approximate surface area is 127 Å². The van der Waals surface area contributed by atoms with Crippen LogP contribution in [0.1, 0.15) is 17.5 Å². The second-order valence-electron chi connectivity index (χ2n) is 5.48. The van der Waals surface area contributed by atoms with Crippen LogP contribution in [-0.2, 0) is 6.54 Å². The molecule has 1 aromatic rings. The molecule has 0 saturated carbocycles. The highest BCUT2D eigenvalue weighted by molar-refractivity contribution is 6.18. The van der Waals surface area contributed by atoms with E-state index in [1.54, 1.807) is 7.11 Å². The van der Waals surface area contributed by atoms with Gasteiger partial charge in [-0.3, -0.25) is 4.90 Å². The number of hydrogen-bond donors (Lipinski definition) is 0. The largest absolute Gasteiger partial charge is 0.496 e. The fraction of sp³-hybridized carbons (Fsp3) is 0.625. The van der Waals surface area contributed by atoms with Gasteiger partial charge < -0.3 is 9.64 Å². The van der Waals surface area contributed by atoms with Gasteiger partial charge in [0, 0.05) is 37.6 Å². The highest BCUT2D eigenvalue weighted by Crippen LogP contribution is 2.22. The first-order valence-corrected chi connectivity index (χ1v) is 7.90. The van der Waals surface area contributed by atoms with Gasteiger partial charge >= 0.3 is 0 Å². The number of rotatable bonds is 5. The zero-order valence-electron chi connectivity index (χ0n) is 12.6. The van der Waals surface area contributed by atoms with E-state index in [4.69, 9.17) is 16.3 Å². The molecule has 1 heterocycles. The summed E-state index contributed by atoms with van der Waals surface area (Å²) in [4.78, 5) is 4.98. The van der Waals surface area contributed by atoms with Gasteiger partial charge in [-0.25, -0.2) is 0 Å². The molecule has 0 N–H and O–H groups in total. The lowest BCUT2D eigenvalue weighted by molar-refractivity contribution is 0.255. The number of nitrogens with zero attached hydrogens (tertiary/aromatic N) is 2. The highest BCUT2D eigenvalue weighted by atomic mass is 35.5. The molecule has 0 spiro atoms. The minimum atomic E-state index is 0.728. The Kier molecular flexibility index (Phi) is 6.14. The summed E-state index contributed by atoms with van der Waals surface area (Å²) < 4.78 is 5.48. The van der Waals surface area contributed by atoms with Crippen LogP contribution in [0.5, 0.6) is 5.75 Å². The van der Waals surface area contributed by atoms with Crippen molar-refractivity contribution in [3.8, 4) is 5.75 Å². The second kappa shape index (κ2) is 7.87. The fourth-order valence-electron chi connectivity index (χ4n) is 2.80. The van der Waals surface area contributed by atoms with E-state index in [9.17, 15) is 0 Å².